The average molecular weight is 259 g/mol. The quantitative estimate of drug-likeness (QED) is 0.850. The lowest BCUT2D eigenvalue weighted by molar-refractivity contribution is -0.139. The van der Waals surface area contributed by atoms with Crippen LogP contribution in [0.3, 0.4) is 0 Å². The van der Waals surface area contributed by atoms with Gasteiger partial charge in [-0.05, 0) is 12.0 Å². The highest BCUT2D eigenvalue weighted by atomic mass is 16.2. The van der Waals surface area contributed by atoms with Gasteiger partial charge in [0.1, 0.15) is 0 Å². The summed E-state index contributed by atoms with van der Waals surface area (Å²) in [7, 11) is 0. The van der Waals surface area contributed by atoms with E-state index in [0.29, 0.717) is 12.6 Å². The minimum Gasteiger partial charge on any atom is -0.340 e. The molecule has 0 radical (unpaired) electrons. The number of fused-ring (bicyclic) bond motifs is 1. The summed E-state index contributed by atoms with van der Waals surface area (Å²) in [6, 6.07) is 10.9. The monoisotopic (exact) mass is 259 g/mol. The molecule has 1 aromatic carbocycles. The third-order valence-corrected chi connectivity index (χ3v) is 4.11. The Morgan fingerprint density at radius 2 is 2.11 bits per heavy atom. The Balaban J connectivity index is 1.57. The molecule has 4 heteroatoms. The molecule has 1 atom stereocenters. The maximum atomic E-state index is 12.1. The van der Waals surface area contributed by atoms with E-state index in [0.717, 1.165) is 39.1 Å². The van der Waals surface area contributed by atoms with Crippen LogP contribution in [0.25, 0.3) is 0 Å². The minimum atomic E-state index is 0.286. The van der Waals surface area contributed by atoms with E-state index in [2.05, 4.69) is 34.5 Å². The number of rotatable bonds is 3. The maximum Gasteiger partial charge on any atom is 0.236 e. The Hall–Kier alpha value is -1.39. The molecule has 102 valence electrons. The molecule has 0 spiro atoms. The van der Waals surface area contributed by atoms with E-state index in [1.165, 1.54) is 5.56 Å². The summed E-state index contributed by atoms with van der Waals surface area (Å²) in [5.74, 6) is 0.286. The lowest BCUT2D eigenvalue weighted by Gasteiger charge is -2.43. The van der Waals surface area contributed by atoms with E-state index in [1.807, 2.05) is 11.0 Å². The second-order valence-corrected chi connectivity index (χ2v) is 5.40. The van der Waals surface area contributed by atoms with Gasteiger partial charge in [-0.15, -0.1) is 0 Å². The molecule has 2 fully saturated rings. The van der Waals surface area contributed by atoms with Crippen molar-refractivity contribution >= 4 is 5.91 Å². The molecular formula is C15H21N3O. The Kier molecular flexibility index (Phi) is 3.80. The summed E-state index contributed by atoms with van der Waals surface area (Å²) in [6.45, 7) is 5.33. The van der Waals surface area contributed by atoms with Crippen molar-refractivity contribution < 1.29 is 4.79 Å². The van der Waals surface area contributed by atoms with E-state index in [1.54, 1.807) is 0 Å². The van der Waals surface area contributed by atoms with E-state index in [4.69, 9.17) is 0 Å². The summed E-state index contributed by atoms with van der Waals surface area (Å²) in [6.07, 6.45) is 0.951. The van der Waals surface area contributed by atoms with Crippen molar-refractivity contribution in [2.45, 2.75) is 12.5 Å². The molecule has 2 aliphatic rings. The van der Waals surface area contributed by atoms with Crippen molar-refractivity contribution in [2.75, 3.05) is 39.3 Å². The SMILES string of the molecule is O=C1CN2CCNCC2CN1CCc1ccccc1. The zero-order valence-electron chi connectivity index (χ0n) is 11.2. The summed E-state index contributed by atoms with van der Waals surface area (Å²) in [5, 5.41) is 3.41. The van der Waals surface area contributed by atoms with E-state index >= 15 is 0 Å². The van der Waals surface area contributed by atoms with Crippen LogP contribution >= 0.6 is 0 Å². The predicted octanol–water partition coefficient (Wildman–Crippen LogP) is 0.345. The number of hydrogen-bond donors (Lipinski definition) is 1. The Labute approximate surface area is 114 Å². The first kappa shape index (κ1) is 12.6. The lowest BCUT2D eigenvalue weighted by Crippen LogP contribution is -2.63. The van der Waals surface area contributed by atoms with Crippen molar-refractivity contribution in [2.24, 2.45) is 0 Å². The summed E-state index contributed by atoms with van der Waals surface area (Å²) < 4.78 is 0. The lowest BCUT2D eigenvalue weighted by atomic mass is 10.1. The first-order valence-corrected chi connectivity index (χ1v) is 7.09. The first-order chi connectivity index (χ1) is 9.33. The summed E-state index contributed by atoms with van der Waals surface area (Å²) >= 11 is 0. The Morgan fingerprint density at radius 3 is 2.95 bits per heavy atom. The van der Waals surface area contributed by atoms with Crippen LogP contribution in [0.5, 0.6) is 0 Å². The van der Waals surface area contributed by atoms with Crippen LogP contribution in [-0.2, 0) is 11.2 Å². The van der Waals surface area contributed by atoms with Crippen LogP contribution in [-0.4, -0.2) is 61.0 Å². The highest BCUT2D eigenvalue weighted by Crippen LogP contribution is 2.13. The highest BCUT2D eigenvalue weighted by molar-refractivity contribution is 5.79. The van der Waals surface area contributed by atoms with Crippen LogP contribution in [0.2, 0.25) is 0 Å². The van der Waals surface area contributed by atoms with Gasteiger partial charge in [-0.3, -0.25) is 9.69 Å². The van der Waals surface area contributed by atoms with Gasteiger partial charge in [0, 0.05) is 38.8 Å². The fourth-order valence-electron chi connectivity index (χ4n) is 2.95. The minimum absolute atomic E-state index is 0.286. The van der Waals surface area contributed by atoms with Gasteiger partial charge in [-0.1, -0.05) is 30.3 Å². The van der Waals surface area contributed by atoms with Crippen molar-refractivity contribution in [1.29, 1.82) is 0 Å². The number of nitrogens with zero attached hydrogens (tertiary/aromatic N) is 2. The molecule has 2 aliphatic heterocycles. The fraction of sp³-hybridized carbons (Fsp3) is 0.533. The smallest absolute Gasteiger partial charge is 0.236 e. The first-order valence-electron chi connectivity index (χ1n) is 7.09. The third kappa shape index (κ3) is 2.96. The molecule has 0 aromatic heterocycles. The van der Waals surface area contributed by atoms with Gasteiger partial charge >= 0.3 is 0 Å². The van der Waals surface area contributed by atoms with Gasteiger partial charge in [0.2, 0.25) is 5.91 Å². The molecule has 0 saturated carbocycles. The number of nitrogens with one attached hydrogen (secondary N) is 1. The zero-order valence-corrected chi connectivity index (χ0v) is 11.2. The molecule has 19 heavy (non-hydrogen) atoms. The van der Waals surface area contributed by atoms with Crippen molar-refractivity contribution in [3.63, 3.8) is 0 Å². The van der Waals surface area contributed by atoms with Crippen molar-refractivity contribution in [1.82, 2.24) is 15.1 Å². The van der Waals surface area contributed by atoms with Crippen LogP contribution < -0.4 is 5.32 Å². The van der Waals surface area contributed by atoms with Gasteiger partial charge < -0.3 is 10.2 Å². The number of carbonyl (C=O) groups is 1. The number of carbonyl (C=O) groups excluding carboxylic acids is 1. The van der Waals surface area contributed by atoms with Crippen LogP contribution in [0.15, 0.2) is 30.3 Å². The second kappa shape index (κ2) is 5.72. The van der Waals surface area contributed by atoms with Gasteiger partial charge in [0.25, 0.3) is 0 Å². The van der Waals surface area contributed by atoms with Crippen LogP contribution in [0.4, 0.5) is 0 Å². The largest absolute Gasteiger partial charge is 0.340 e. The topological polar surface area (TPSA) is 35.6 Å². The summed E-state index contributed by atoms with van der Waals surface area (Å²) in [4.78, 5) is 16.5. The predicted molar refractivity (Wildman–Crippen MR) is 75.0 cm³/mol. The van der Waals surface area contributed by atoms with Gasteiger partial charge in [-0.25, -0.2) is 0 Å². The van der Waals surface area contributed by atoms with E-state index in [-0.39, 0.29) is 5.91 Å². The molecular weight excluding hydrogens is 238 g/mol. The van der Waals surface area contributed by atoms with E-state index in [9.17, 15) is 4.79 Å². The number of benzene rings is 1. The summed E-state index contributed by atoms with van der Waals surface area (Å²) in [5.41, 5.74) is 1.31. The average Bonchev–Trinajstić information content (AvgIpc) is 2.46. The molecule has 1 N–H and O–H groups in total. The number of hydrogen-bond acceptors (Lipinski definition) is 3. The van der Waals surface area contributed by atoms with Crippen molar-refractivity contribution in [3.8, 4) is 0 Å². The maximum absolute atomic E-state index is 12.1. The van der Waals surface area contributed by atoms with Crippen molar-refractivity contribution in [3.05, 3.63) is 35.9 Å². The normalized spacial score (nSPS) is 24.3. The molecule has 1 unspecified atom stereocenters. The zero-order chi connectivity index (χ0) is 13.1. The van der Waals surface area contributed by atoms with Crippen LogP contribution in [0.1, 0.15) is 5.56 Å². The molecule has 2 heterocycles. The second-order valence-electron chi connectivity index (χ2n) is 5.40. The molecule has 0 aliphatic carbocycles. The number of amides is 1. The third-order valence-electron chi connectivity index (χ3n) is 4.11. The number of piperazine rings is 2. The molecule has 4 nitrogen and oxygen atoms in total. The Morgan fingerprint density at radius 1 is 1.26 bits per heavy atom. The Bertz CT molecular complexity index is 434. The molecule has 0 bridgehead atoms. The van der Waals surface area contributed by atoms with Crippen LogP contribution in [0, 0.1) is 0 Å². The molecule has 2 saturated heterocycles. The van der Waals surface area contributed by atoms with Gasteiger partial charge in [0.05, 0.1) is 6.54 Å². The fourth-order valence-corrected chi connectivity index (χ4v) is 2.95. The molecule has 1 amide bonds. The molecule has 1 aromatic rings. The molecule has 3 rings (SSSR count). The van der Waals surface area contributed by atoms with E-state index < -0.39 is 0 Å². The standard InChI is InChI=1S/C15H21N3O/c19-15-12-17-9-7-16-10-14(17)11-18(15)8-6-13-4-2-1-3-5-13/h1-5,14,16H,6-12H2. The highest BCUT2D eigenvalue weighted by Gasteiger charge is 2.32. The van der Waals surface area contributed by atoms with Gasteiger partial charge in [-0.2, -0.15) is 0 Å². The van der Waals surface area contributed by atoms with Gasteiger partial charge in [0.15, 0.2) is 0 Å².